The van der Waals surface area contributed by atoms with Crippen molar-refractivity contribution in [3.63, 3.8) is 0 Å². The monoisotopic (exact) mass is 402 g/mol. The fraction of sp³-hybridized carbons (Fsp3) is 0.333. The SMILES string of the molecule is O=C(Cc1ccc(N2CCCC2=O)cc1)NCCSCc1ccc(Cl)cc1. The molecule has 0 aromatic heterocycles. The lowest BCUT2D eigenvalue weighted by molar-refractivity contribution is -0.120. The summed E-state index contributed by atoms with van der Waals surface area (Å²) in [6.07, 6.45) is 1.90. The van der Waals surface area contributed by atoms with E-state index >= 15 is 0 Å². The molecular weight excluding hydrogens is 380 g/mol. The van der Waals surface area contributed by atoms with Gasteiger partial charge in [0.25, 0.3) is 0 Å². The van der Waals surface area contributed by atoms with E-state index in [1.165, 1.54) is 5.56 Å². The van der Waals surface area contributed by atoms with Gasteiger partial charge in [-0.15, -0.1) is 0 Å². The molecule has 142 valence electrons. The maximum atomic E-state index is 12.1. The smallest absolute Gasteiger partial charge is 0.227 e. The van der Waals surface area contributed by atoms with Crippen molar-refractivity contribution in [2.45, 2.75) is 25.0 Å². The highest BCUT2D eigenvalue weighted by molar-refractivity contribution is 7.98. The predicted molar refractivity (Wildman–Crippen MR) is 112 cm³/mol. The van der Waals surface area contributed by atoms with E-state index in [0.29, 0.717) is 19.4 Å². The van der Waals surface area contributed by atoms with Gasteiger partial charge in [0.05, 0.1) is 6.42 Å². The van der Waals surface area contributed by atoms with Gasteiger partial charge in [-0.1, -0.05) is 35.9 Å². The number of amides is 2. The van der Waals surface area contributed by atoms with Crippen LogP contribution in [0.15, 0.2) is 48.5 Å². The highest BCUT2D eigenvalue weighted by Gasteiger charge is 2.21. The lowest BCUT2D eigenvalue weighted by Gasteiger charge is -2.15. The second kappa shape index (κ2) is 9.81. The van der Waals surface area contributed by atoms with Crippen molar-refractivity contribution in [1.82, 2.24) is 5.32 Å². The quantitative estimate of drug-likeness (QED) is 0.677. The molecule has 27 heavy (non-hydrogen) atoms. The van der Waals surface area contributed by atoms with Crippen LogP contribution in [0, 0.1) is 0 Å². The van der Waals surface area contributed by atoms with E-state index in [0.717, 1.165) is 40.7 Å². The summed E-state index contributed by atoms with van der Waals surface area (Å²) in [5.41, 5.74) is 3.10. The second-order valence-electron chi connectivity index (χ2n) is 6.52. The fourth-order valence-corrected chi connectivity index (χ4v) is 3.94. The number of thioether (sulfide) groups is 1. The van der Waals surface area contributed by atoms with Gasteiger partial charge in [-0.3, -0.25) is 9.59 Å². The summed E-state index contributed by atoms with van der Waals surface area (Å²) in [7, 11) is 0. The van der Waals surface area contributed by atoms with Crippen molar-refractivity contribution in [3.8, 4) is 0 Å². The molecule has 2 aromatic carbocycles. The van der Waals surface area contributed by atoms with E-state index in [4.69, 9.17) is 11.6 Å². The van der Waals surface area contributed by atoms with Crippen LogP contribution in [0.5, 0.6) is 0 Å². The molecule has 2 aromatic rings. The minimum atomic E-state index is 0.0205. The molecule has 1 aliphatic heterocycles. The number of nitrogens with zero attached hydrogens (tertiary/aromatic N) is 1. The summed E-state index contributed by atoms with van der Waals surface area (Å²) in [5, 5.41) is 3.70. The molecular formula is C21H23ClN2O2S. The number of benzene rings is 2. The summed E-state index contributed by atoms with van der Waals surface area (Å²) in [6.45, 7) is 1.43. The van der Waals surface area contributed by atoms with Crippen molar-refractivity contribution >= 4 is 40.9 Å². The largest absolute Gasteiger partial charge is 0.355 e. The van der Waals surface area contributed by atoms with Crippen LogP contribution >= 0.6 is 23.4 Å². The molecule has 3 rings (SSSR count). The zero-order valence-electron chi connectivity index (χ0n) is 15.1. The average molecular weight is 403 g/mol. The Morgan fingerprint density at radius 1 is 1.07 bits per heavy atom. The average Bonchev–Trinajstić information content (AvgIpc) is 3.09. The van der Waals surface area contributed by atoms with Crippen LogP contribution in [-0.2, 0) is 21.8 Å². The van der Waals surface area contributed by atoms with Gasteiger partial charge in [0.2, 0.25) is 11.8 Å². The van der Waals surface area contributed by atoms with Crippen molar-refractivity contribution in [2.75, 3.05) is 23.7 Å². The number of nitrogens with one attached hydrogen (secondary N) is 1. The van der Waals surface area contributed by atoms with E-state index in [1.807, 2.05) is 53.4 Å². The van der Waals surface area contributed by atoms with Gasteiger partial charge in [0.1, 0.15) is 0 Å². The normalized spacial score (nSPS) is 13.8. The Labute approximate surface area is 169 Å². The van der Waals surface area contributed by atoms with Crippen LogP contribution in [0.4, 0.5) is 5.69 Å². The molecule has 1 N–H and O–H groups in total. The Kier molecular flexibility index (Phi) is 7.18. The molecule has 1 fully saturated rings. The van der Waals surface area contributed by atoms with Crippen LogP contribution in [0.1, 0.15) is 24.0 Å². The highest BCUT2D eigenvalue weighted by atomic mass is 35.5. The Morgan fingerprint density at radius 2 is 1.78 bits per heavy atom. The van der Waals surface area contributed by atoms with Crippen molar-refractivity contribution in [3.05, 3.63) is 64.7 Å². The van der Waals surface area contributed by atoms with Crippen LogP contribution in [-0.4, -0.2) is 30.7 Å². The summed E-state index contributed by atoms with van der Waals surface area (Å²) in [5.74, 6) is 1.97. The van der Waals surface area contributed by atoms with Gasteiger partial charge in [-0.05, 0) is 41.8 Å². The first-order chi connectivity index (χ1) is 13.1. The third-order valence-corrected chi connectivity index (χ3v) is 5.72. The predicted octanol–water partition coefficient (Wildman–Crippen LogP) is 4.06. The van der Waals surface area contributed by atoms with E-state index in [-0.39, 0.29) is 11.8 Å². The molecule has 2 amide bonds. The third-order valence-electron chi connectivity index (χ3n) is 4.44. The molecule has 1 aliphatic rings. The van der Waals surface area contributed by atoms with E-state index in [2.05, 4.69) is 5.32 Å². The number of carbonyl (C=O) groups excluding carboxylic acids is 2. The summed E-state index contributed by atoms with van der Waals surface area (Å²) < 4.78 is 0. The molecule has 0 spiro atoms. The highest BCUT2D eigenvalue weighted by Crippen LogP contribution is 2.21. The summed E-state index contributed by atoms with van der Waals surface area (Å²) in [4.78, 5) is 25.7. The molecule has 0 aliphatic carbocycles. The van der Waals surface area contributed by atoms with Gasteiger partial charge in [0.15, 0.2) is 0 Å². The lowest BCUT2D eigenvalue weighted by atomic mass is 10.1. The maximum absolute atomic E-state index is 12.1. The molecule has 0 unspecified atom stereocenters. The number of hydrogen-bond donors (Lipinski definition) is 1. The first kappa shape index (κ1) is 19.8. The minimum absolute atomic E-state index is 0.0205. The van der Waals surface area contributed by atoms with Crippen molar-refractivity contribution < 1.29 is 9.59 Å². The van der Waals surface area contributed by atoms with Gasteiger partial charge < -0.3 is 10.2 Å². The molecule has 4 nitrogen and oxygen atoms in total. The summed E-state index contributed by atoms with van der Waals surface area (Å²) >= 11 is 7.65. The van der Waals surface area contributed by atoms with Gasteiger partial charge in [0, 0.05) is 41.7 Å². The minimum Gasteiger partial charge on any atom is -0.355 e. The van der Waals surface area contributed by atoms with Crippen LogP contribution < -0.4 is 10.2 Å². The number of halogens is 1. The molecule has 0 bridgehead atoms. The topological polar surface area (TPSA) is 49.4 Å². The lowest BCUT2D eigenvalue weighted by Crippen LogP contribution is -2.27. The van der Waals surface area contributed by atoms with E-state index in [1.54, 1.807) is 11.8 Å². The Balaban J connectivity index is 1.35. The Morgan fingerprint density at radius 3 is 2.44 bits per heavy atom. The van der Waals surface area contributed by atoms with Gasteiger partial charge in [-0.25, -0.2) is 0 Å². The maximum Gasteiger partial charge on any atom is 0.227 e. The van der Waals surface area contributed by atoms with Crippen LogP contribution in [0.3, 0.4) is 0 Å². The number of hydrogen-bond acceptors (Lipinski definition) is 3. The molecule has 0 atom stereocenters. The zero-order valence-corrected chi connectivity index (χ0v) is 16.7. The van der Waals surface area contributed by atoms with Crippen molar-refractivity contribution in [2.24, 2.45) is 0 Å². The fourth-order valence-electron chi connectivity index (χ4n) is 3.00. The third kappa shape index (κ3) is 6.01. The number of rotatable bonds is 8. The molecule has 1 saturated heterocycles. The van der Waals surface area contributed by atoms with Gasteiger partial charge >= 0.3 is 0 Å². The zero-order chi connectivity index (χ0) is 19.1. The summed E-state index contributed by atoms with van der Waals surface area (Å²) in [6, 6.07) is 15.5. The standard InChI is InChI=1S/C21H23ClN2O2S/c22-18-7-3-17(4-8-18)15-27-13-11-23-20(25)14-16-5-9-19(10-6-16)24-12-1-2-21(24)26/h3-10H,1-2,11-15H2,(H,23,25). The Hall–Kier alpha value is -1.98. The van der Waals surface area contributed by atoms with Gasteiger partial charge in [-0.2, -0.15) is 11.8 Å². The van der Waals surface area contributed by atoms with E-state index in [9.17, 15) is 9.59 Å². The Bertz CT molecular complexity index is 778. The second-order valence-corrected chi connectivity index (χ2v) is 8.06. The number of carbonyl (C=O) groups is 2. The molecule has 0 radical (unpaired) electrons. The first-order valence-electron chi connectivity index (χ1n) is 9.10. The number of anilines is 1. The van der Waals surface area contributed by atoms with Crippen LogP contribution in [0.2, 0.25) is 5.02 Å². The van der Waals surface area contributed by atoms with Crippen molar-refractivity contribution in [1.29, 1.82) is 0 Å². The molecule has 6 heteroatoms. The van der Waals surface area contributed by atoms with Crippen LogP contribution in [0.25, 0.3) is 0 Å². The molecule has 1 heterocycles. The van der Waals surface area contributed by atoms with E-state index < -0.39 is 0 Å². The molecule has 0 saturated carbocycles. The first-order valence-corrected chi connectivity index (χ1v) is 10.6.